The first-order valence-electron chi connectivity index (χ1n) is 13.3. The predicted octanol–water partition coefficient (Wildman–Crippen LogP) is 6.87. The van der Waals surface area contributed by atoms with E-state index in [1.807, 2.05) is 54.6 Å². The molecule has 6 nitrogen and oxygen atoms in total. The molecule has 2 bridgehead atoms. The SMILES string of the molecule is COc1cc(/C=N\N2C(=O)[C@@H]3C4c5ccccc5C(c5ccccc54)[C@H]3C2=O)cc(I)c1OCc1ccc(Br)cc1. The van der Waals surface area contributed by atoms with Crippen LogP contribution in [0.2, 0.25) is 0 Å². The third-order valence-electron chi connectivity index (χ3n) is 8.30. The van der Waals surface area contributed by atoms with Crippen molar-refractivity contribution in [2.45, 2.75) is 18.4 Å². The molecular weight excluding hydrogens is 695 g/mol. The fourth-order valence-electron chi connectivity index (χ4n) is 6.59. The van der Waals surface area contributed by atoms with E-state index in [4.69, 9.17) is 9.47 Å². The van der Waals surface area contributed by atoms with E-state index in [1.165, 1.54) is 0 Å². The Morgan fingerprint density at radius 1 is 0.854 bits per heavy atom. The van der Waals surface area contributed by atoms with Gasteiger partial charge >= 0.3 is 0 Å². The largest absolute Gasteiger partial charge is 0.493 e. The van der Waals surface area contributed by atoms with Gasteiger partial charge in [0.25, 0.3) is 11.8 Å². The number of hydrazone groups is 1. The molecule has 8 rings (SSSR count). The van der Waals surface area contributed by atoms with Crippen LogP contribution in [0, 0.1) is 15.4 Å². The molecule has 4 aromatic rings. The lowest BCUT2D eigenvalue weighted by Gasteiger charge is -2.45. The van der Waals surface area contributed by atoms with Crippen LogP contribution in [0.4, 0.5) is 0 Å². The van der Waals surface area contributed by atoms with Crippen molar-refractivity contribution in [2.75, 3.05) is 7.11 Å². The minimum absolute atomic E-state index is 0.155. The van der Waals surface area contributed by atoms with Crippen molar-refractivity contribution in [1.82, 2.24) is 5.01 Å². The molecule has 8 heteroatoms. The molecule has 0 spiro atoms. The topological polar surface area (TPSA) is 68.2 Å². The third-order valence-corrected chi connectivity index (χ3v) is 9.63. The molecule has 1 aliphatic heterocycles. The van der Waals surface area contributed by atoms with Crippen LogP contribution in [0.15, 0.2) is 94.5 Å². The van der Waals surface area contributed by atoms with Crippen LogP contribution < -0.4 is 9.47 Å². The summed E-state index contributed by atoms with van der Waals surface area (Å²) in [4.78, 5) is 27.6. The lowest BCUT2D eigenvalue weighted by Crippen LogP contribution is -2.41. The van der Waals surface area contributed by atoms with Gasteiger partial charge in [-0.05, 0) is 80.2 Å². The minimum Gasteiger partial charge on any atom is -0.493 e. The summed E-state index contributed by atoms with van der Waals surface area (Å²) in [5, 5.41) is 5.54. The maximum absolute atomic E-state index is 13.8. The van der Waals surface area contributed by atoms with Crippen LogP contribution in [-0.4, -0.2) is 30.1 Å². The number of methoxy groups -OCH3 is 1. The molecule has 0 radical (unpaired) electrons. The van der Waals surface area contributed by atoms with Crippen molar-refractivity contribution in [3.05, 3.63) is 126 Å². The van der Waals surface area contributed by atoms with Crippen molar-refractivity contribution in [2.24, 2.45) is 16.9 Å². The molecule has 2 amide bonds. The van der Waals surface area contributed by atoms with E-state index in [0.29, 0.717) is 23.7 Å². The number of rotatable bonds is 6. The second kappa shape index (κ2) is 10.4. The van der Waals surface area contributed by atoms with Gasteiger partial charge in [-0.25, -0.2) is 0 Å². The fraction of sp³-hybridized carbons (Fsp3) is 0.182. The zero-order valence-corrected chi connectivity index (χ0v) is 25.7. The number of benzene rings is 4. The molecule has 1 heterocycles. The Hall–Kier alpha value is -3.50. The minimum atomic E-state index is -0.460. The van der Waals surface area contributed by atoms with Gasteiger partial charge < -0.3 is 9.47 Å². The number of nitrogens with zero attached hydrogens (tertiary/aromatic N) is 2. The molecule has 0 aromatic heterocycles. The summed E-state index contributed by atoms with van der Waals surface area (Å²) in [6.45, 7) is 0.389. The van der Waals surface area contributed by atoms with E-state index >= 15 is 0 Å². The highest BCUT2D eigenvalue weighted by Crippen LogP contribution is 2.61. The summed E-state index contributed by atoms with van der Waals surface area (Å²) in [5.41, 5.74) is 6.30. The Morgan fingerprint density at radius 3 is 1.90 bits per heavy atom. The highest BCUT2D eigenvalue weighted by Gasteiger charge is 2.61. The lowest BCUT2D eigenvalue weighted by atomic mass is 9.55. The van der Waals surface area contributed by atoms with Gasteiger partial charge in [-0.15, -0.1) is 0 Å². The Bertz CT molecular complexity index is 1620. The number of carbonyl (C=O) groups is 2. The highest BCUT2D eigenvalue weighted by atomic mass is 127. The van der Waals surface area contributed by atoms with Gasteiger partial charge in [-0.1, -0.05) is 76.6 Å². The number of carbonyl (C=O) groups excluding carboxylic acids is 2. The third kappa shape index (κ3) is 4.30. The van der Waals surface area contributed by atoms with Crippen molar-refractivity contribution >= 4 is 56.5 Å². The zero-order chi connectivity index (χ0) is 28.2. The summed E-state index contributed by atoms with van der Waals surface area (Å²) in [6.07, 6.45) is 1.55. The second-order valence-corrected chi connectivity index (χ2v) is 12.5. The maximum Gasteiger partial charge on any atom is 0.254 e. The Morgan fingerprint density at radius 2 is 1.39 bits per heavy atom. The van der Waals surface area contributed by atoms with E-state index in [1.54, 1.807) is 19.4 Å². The number of halogens is 2. The van der Waals surface area contributed by atoms with Gasteiger partial charge in [0.1, 0.15) is 6.61 Å². The molecule has 3 aliphatic carbocycles. The van der Waals surface area contributed by atoms with Gasteiger partial charge in [0.15, 0.2) is 11.5 Å². The van der Waals surface area contributed by atoms with Crippen LogP contribution >= 0.6 is 38.5 Å². The van der Waals surface area contributed by atoms with Crippen molar-refractivity contribution < 1.29 is 19.1 Å². The van der Waals surface area contributed by atoms with E-state index < -0.39 is 11.8 Å². The van der Waals surface area contributed by atoms with Gasteiger partial charge in [0, 0.05) is 16.3 Å². The molecule has 2 atom stereocenters. The first kappa shape index (κ1) is 26.4. The average Bonchev–Trinajstić information content (AvgIpc) is 3.25. The van der Waals surface area contributed by atoms with Crippen molar-refractivity contribution in [3.63, 3.8) is 0 Å². The van der Waals surface area contributed by atoms with Crippen LogP contribution in [0.3, 0.4) is 0 Å². The standard InChI is InChI=1S/C33H24BrIN2O4/c1-40-26-15-19(14-25(35)31(26)41-17-18-10-12-20(34)13-11-18)16-36-37-32(38)29-27-21-6-2-3-7-22(21)28(30(29)33(37)39)24-9-5-4-8-23(24)27/h2-16,27-30H,17H2,1H3/b36-16-/t27?,28?,29-,30-/m1/s1. The van der Waals surface area contributed by atoms with Crippen LogP contribution in [0.5, 0.6) is 11.5 Å². The predicted molar refractivity (Wildman–Crippen MR) is 167 cm³/mol. The Kier molecular flexibility index (Phi) is 6.70. The first-order chi connectivity index (χ1) is 20.0. The number of ether oxygens (including phenoxy) is 2. The normalized spacial score (nSPS) is 22.1. The molecule has 204 valence electrons. The molecule has 0 saturated carbocycles. The maximum atomic E-state index is 13.8. The van der Waals surface area contributed by atoms with Crippen LogP contribution in [0.1, 0.15) is 45.2 Å². The van der Waals surface area contributed by atoms with Crippen molar-refractivity contribution in [3.8, 4) is 11.5 Å². The van der Waals surface area contributed by atoms with Crippen LogP contribution in [0.25, 0.3) is 0 Å². The molecule has 1 saturated heterocycles. The summed E-state index contributed by atoms with van der Waals surface area (Å²) < 4.78 is 13.6. The van der Waals surface area contributed by atoms with Crippen LogP contribution in [-0.2, 0) is 16.2 Å². The zero-order valence-electron chi connectivity index (χ0n) is 22.0. The monoisotopic (exact) mass is 718 g/mol. The molecule has 1 fully saturated rings. The quantitative estimate of drug-likeness (QED) is 0.124. The molecule has 0 unspecified atom stereocenters. The molecule has 0 N–H and O–H groups in total. The molecule has 4 aromatic carbocycles. The second-order valence-electron chi connectivity index (χ2n) is 10.4. The van der Waals surface area contributed by atoms with Gasteiger partial charge in [0.2, 0.25) is 0 Å². The highest BCUT2D eigenvalue weighted by molar-refractivity contribution is 14.1. The van der Waals surface area contributed by atoms with Gasteiger partial charge in [0.05, 0.1) is 28.7 Å². The summed E-state index contributed by atoms with van der Waals surface area (Å²) in [7, 11) is 1.59. The first-order valence-corrected chi connectivity index (χ1v) is 15.2. The summed E-state index contributed by atoms with van der Waals surface area (Å²) in [6, 6.07) is 28.1. The Balaban J connectivity index is 1.17. The molecular formula is C33H24BrIN2O4. The summed E-state index contributed by atoms with van der Waals surface area (Å²) >= 11 is 5.65. The van der Waals surface area contributed by atoms with E-state index in [9.17, 15) is 9.59 Å². The lowest BCUT2D eigenvalue weighted by molar-refractivity contribution is -0.139. The number of imide groups is 1. The van der Waals surface area contributed by atoms with Gasteiger partial charge in [-0.2, -0.15) is 10.1 Å². The fourth-order valence-corrected chi connectivity index (χ4v) is 7.64. The molecule has 41 heavy (non-hydrogen) atoms. The van der Waals surface area contributed by atoms with Crippen molar-refractivity contribution in [1.29, 1.82) is 0 Å². The van der Waals surface area contributed by atoms with E-state index in [-0.39, 0.29) is 23.7 Å². The van der Waals surface area contributed by atoms with E-state index in [0.717, 1.165) is 40.9 Å². The average molecular weight is 719 g/mol. The number of hydrogen-bond acceptors (Lipinski definition) is 5. The number of amides is 2. The van der Waals surface area contributed by atoms with E-state index in [2.05, 4.69) is 67.9 Å². The summed E-state index contributed by atoms with van der Waals surface area (Å²) in [5.74, 6) is -0.545. The molecule has 4 aliphatic rings. The number of hydrogen-bond donors (Lipinski definition) is 0. The van der Waals surface area contributed by atoms with Gasteiger partial charge in [-0.3, -0.25) is 9.59 Å². The smallest absolute Gasteiger partial charge is 0.254 e. The Labute approximate surface area is 259 Å².